The molecular weight excluding hydrogens is 100 g/mol. The number of hydrogen-bond acceptors (Lipinski definition) is 2. The maximum absolute atomic E-state index is 8.12. The van der Waals surface area contributed by atoms with E-state index in [1.54, 1.807) is 18.2 Å². The molecule has 0 saturated carbocycles. The molecule has 2 nitrogen and oxygen atoms in total. The Bertz CT molecular complexity index is 150. The molecule has 0 saturated heterocycles. The molecular formula is C6H6N2. The van der Waals surface area contributed by atoms with Crippen molar-refractivity contribution in [3.8, 4) is 12.1 Å². The Hall–Kier alpha value is -1.28. The van der Waals surface area contributed by atoms with Crippen LogP contribution in [0, 0.1) is 22.7 Å². The first-order valence-corrected chi connectivity index (χ1v) is 2.35. The van der Waals surface area contributed by atoms with Crippen molar-refractivity contribution in [2.75, 3.05) is 0 Å². The van der Waals surface area contributed by atoms with Crippen LogP contribution in [0.4, 0.5) is 0 Å². The Morgan fingerprint density at radius 3 is 2.12 bits per heavy atom. The smallest absolute Gasteiger partial charge is 0.125 e. The van der Waals surface area contributed by atoms with Crippen molar-refractivity contribution in [2.24, 2.45) is 0 Å². The van der Waals surface area contributed by atoms with Crippen LogP contribution in [-0.4, -0.2) is 0 Å². The third kappa shape index (κ3) is 2.00. The van der Waals surface area contributed by atoms with Crippen molar-refractivity contribution in [1.82, 2.24) is 0 Å². The third-order valence-electron chi connectivity index (χ3n) is 0.649. The summed E-state index contributed by atoms with van der Waals surface area (Å²) < 4.78 is 0. The summed E-state index contributed by atoms with van der Waals surface area (Å²) in [6, 6.07) is 3.51. The highest BCUT2D eigenvalue weighted by Gasteiger charge is 1.84. The SMILES string of the molecule is CCC=C(C#N)C#N. The molecule has 40 valence electrons. The Morgan fingerprint density at radius 1 is 1.50 bits per heavy atom. The topological polar surface area (TPSA) is 47.6 Å². The van der Waals surface area contributed by atoms with Crippen LogP contribution in [-0.2, 0) is 0 Å². The second-order valence-electron chi connectivity index (χ2n) is 1.25. The highest BCUT2D eigenvalue weighted by Crippen LogP contribution is 1.89. The van der Waals surface area contributed by atoms with Gasteiger partial charge in [0, 0.05) is 0 Å². The van der Waals surface area contributed by atoms with E-state index in [1.807, 2.05) is 6.92 Å². The minimum atomic E-state index is 0.201. The Labute approximate surface area is 48.7 Å². The monoisotopic (exact) mass is 106 g/mol. The lowest BCUT2D eigenvalue weighted by Gasteiger charge is -1.74. The Morgan fingerprint density at radius 2 is 2.00 bits per heavy atom. The van der Waals surface area contributed by atoms with Crippen molar-refractivity contribution in [1.29, 1.82) is 10.5 Å². The molecule has 0 unspecified atom stereocenters. The summed E-state index contributed by atoms with van der Waals surface area (Å²) in [4.78, 5) is 0. The van der Waals surface area contributed by atoms with E-state index in [2.05, 4.69) is 0 Å². The molecule has 0 amide bonds. The molecule has 0 rings (SSSR count). The number of nitriles is 2. The maximum Gasteiger partial charge on any atom is 0.125 e. The van der Waals surface area contributed by atoms with Gasteiger partial charge in [0.1, 0.15) is 17.7 Å². The van der Waals surface area contributed by atoms with E-state index in [1.165, 1.54) is 0 Å². The zero-order valence-electron chi connectivity index (χ0n) is 4.68. The van der Waals surface area contributed by atoms with Crippen molar-refractivity contribution in [2.45, 2.75) is 13.3 Å². The van der Waals surface area contributed by atoms with Gasteiger partial charge in [0.15, 0.2) is 0 Å². The van der Waals surface area contributed by atoms with Crippen LogP contribution in [0.5, 0.6) is 0 Å². The summed E-state index contributed by atoms with van der Waals surface area (Å²) >= 11 is 0. The molecule has 0 spiro atoms. The molecule has 0 heterocycles. The van der Waals surface area contributed by atoms with Gasteiger partial charge in [-0.3, -0.25) is 0 Å². The normalized spacial score (nSPS) is 6.38. The van der Waals surface area contributed by atoms with Crippen LogP contribution < -0.4 is 0 Å². The van der Waals surface area contributed by atoms with Crippen molar-refractivity contribution in [3.63, 3.8) is 0 Å². The van der Waals surface area contributed by atoms with Gasteiger partial charge >= 0.3 is 0 Å². The number of nitrogens with zero attached hydrogens (tertiary/aromatic N) is 2. The van der Waals surface area contributed by atoms with Gasteiger partial charge in [-0.15, -0.1) is 0 Å². The van der Waals surface area contributed by atoms with E-state index < -0.39 is 0 Å². The van der Waals surface area contributed by atoms with Crippen LogP contribution >= 0.6 is 0 Å². The molecule has 0 radical (unpaired) electrons. The fraction of sp³-hybridized carbons (Fsp3) is 0.333. The second-order valence-corrected chi connectivity index (χ2v) is 1.25. The molecule has 0 atom stereocenters. The van der Waals surface area contributed by atoms with Gasteiger partial charge in [-0.1, -0.05) is 13.0 Å². The van der Waals surface area contributed by atoms with E-state index in [0.29, 0.717) is 0 Å². The van der Waals surface area contributed by atoms with E-state index >= 15 is 0 Å². The van der Waals surface area contributed by atoms with E-state index in [0.717, 1.165) is 6.42 Å². The van der Waals surface area contributed by atoms with E-state index in [-0.39, 0.29) is 5.57 Å². The summed E-state index contributed by atoms with van der Waals surface area (Å²) in [5, 5.41) is 16.2. The molecule has 0 aromatic carbocycles. The lowest BCUT2D eigenvalue weighted by Crippen LogP contribution is -1.67. The molecule has 2 heteroatoms. The van der Waals surface area contributed by atoms with Gasteiger partial charge in [0.2, 0.25) is 0 Å². The van der Waals surface area contributed by atoms with Gasteiger partial charge in [-0.05, 0) is 6.42 Å². The first-order chi connectivity index (χ1) is 3.85. The van der Waals surface area contributed by atoms with Crippen LogP contribution in [0.1, 0.15) is 13.3 Å². The van der Waals surface area contributed by atoms with Crippen LogP contribution in [0.3, 0.4) is 0 Å². The molecule has 0 fully saturated rings. The average molecular weight is 106 g/mol. The maximum atomic E-state index is 8.12. The Balaban J connectivity index is 3.99. The fourth-order valence-electron chi connectivity index (χ4n) is 0.320. The number of allylic oxidation sites excluding steroid dienone is 2. The van der Waals surface area contributed by atoms with Crippen molar-refractivity contribution >= 4 is 0 Å². The highest BCUT2D eigenvalue weighted by atomic mass is 14.3. The van der Waals surface area contributed by atoms with Crippen molar-refractivity contribution in [3.05, 3.63) is 11.6 Å². The van der Waals surface area contributed by atoms with Crippen LogP contribution in [0.15, 0.2) is 11.6 Å². The summed E-state index contributed by atoms with van der Waals surface area (Å²) in [6.45, 7) is 1.88. The molecule has 0 aliphatic heterocycles. The summed E-state index contributed by atoms with van der Waals surface area (Å²) in [6.07, 6.45) is 2.34. The zero-order chi connectivity index (χ0) is 6.41. The predicted octanol–water partition coefficient (Wildman–Crippen LogP) is 1.37. The first kappa shape index (κ1) is 6.72. The zero-order valence-corrected chi connectivity index (χ0v) is 4.68. The predicted molar refractivity (Wildman–Crippen MR) is 29.6 cm³/mol. The molecule has 0 aliphatic rings. The summed E-state index contributed by atoms with van der Waals surface area (Å²) in [5.41, 5.74) is 0.201. The van der Waals surface area contributed by atoms with Gasteiger partial charge in [-0.25, -0.2) is 0 Å². The quantitative estimate of drug-likeness (QED) is 0.474. The van der Waals surface area contributed by atoms with Crippen LogP contribution in [0.2, 0.25) is 0 Å². The summed E-state index contributed by atoms with van der Waals surface area (Å²) in [5.74, 6) is 0. The highest BCUT2D eigenvalue weighted by molar-refractivity contribution is 5.34. The van der Waals surface area contributed by atoms with Gasteiger partial charge in [0.05, 0.1) is 0 Å². The minimum Gasteiger partial charge on any atom is -0.192 e. The average Bonchev–Trinajstić information content (AvgIpc) is 1.83. The van der Waals surface area contributed by atoms with E-state index in [4.69, 9.17) is 10.5 Å². The molecule has 0 bridgehead atoms. The lowest BCUT2D eigenvalue weighted by atomic mass is 10.3. The lowest BCUT2D eigenvalue weighted by molar-refractivity contribution is 1.21. The van der Waals surface area contributed by atoms with Gasteiger partial charge < -0.3 is 0 Å². The standard InChI is InChI=1S/C6H6N2/c1-2-3-6(4-7)5-8/h3H,2H2,1H3. The van der Waals surface area contributed by atoms with Gasteiger partial charge in [-0.2, -0.15) is 10.5 Å². The number of rotatable bonds is 1. The van der Waals surface area contributed by atoms with Gasteiger partial charge in [0.25, 0.3) is 0 Å². The fourth-order valence-corrected chi connectivity index (χ4v) is 0.320. The molecule has 0 N–H and O–H groups in total. The molecule has 0 aliphatic carbocycles. The Kier molecular flexibility index (Phi) is 3.27. The number of hydrogen-bond donors (Lipinski definition) is 0. The largest absolute Gasteiger partial charge is 0.192 e. The first-order valence-electron chi connectivity index (χ1n) is 2.35. The third-order valence-corrected chi connectivity index (χ3v) is 0.649. The molecule has 0 aromatic heterocycles. The molecule has 8 heavy (non-hydrogen) atoms. The minimum absolute atomic E-state index is 0.201. The summed E-state index contributed by atoms with van der Waals surface area (Å²) in [7, 11) is 0. The van der Waals surface area contributed by atoms with Crippen molar-refractivity contribution < 1.29 is 0 Å². The van der Waals surface area contributed by atoms with E-state index in [9.17, 15) is 0 Å². The second kappa shape index (κ2) is 3.89. The van der Waals surface area contributed by atoms with Crippen LogP contribution in [0.25, 0.3) is 0 Å². The molecule has 0 aromatic rings.